The van der Waals surface area contributed by atoms with E-state index in [0.717, 1.165) is 0 Å². The number of aromatic carboxylic acids is 1. The van der Waals surface area contributed by atoms with Crippen LogP contribution in [0.4, 0.5) is 5.69 Å². The summed E-state index contributed by atoms with van der Waals surface area (Å²) in [4.78, 5) is 23.9. The topological polar surface area (TPSA) is 149 Å². The van der Waals surface area contributed by atoms with Crippen molar-refractivity contribution in [3.8, 4) is 11.6 Å². The van der Waals surface area contributed by atoms with E-state index in [1.807, 2.05) is 41.5 Å². The number of carboxylic acid groups (broad SMARTS) is 1. The SMILES string of the molecule is COCCNS(=O)(=O)c1cc(NC(=O)CC(C)(C)C)ccc1Oc1c(C)c(C(=O)O)nn1C(C)(C)C. The number of rotatable bonds is 10. The molecule has 200 valence electrons. The highest BCUT2D eigenvalue weighted by Gasteiger charge is 2.29. The molecule has 0 bridgehead atoms. The molecule has 3 N–H and O–H groups in total. The third kappa shape index (κ3) is 7.52. The molecule has 0 unspecified atom stereocenters. The molecule has 0 aliphatic carbocycles. The summed E-state index contributed by atoms with van der Waals surface area (Å²) < 4.78 is 41.2. The number of hydrogen-bond donors (Lipinski definition) is 3. The fourth-order valence-electron chi connectivity index (χ4n) is 3.29. The summed E-state index contributed by atoms with van der Waals surface area (Å²) in [5.41, 5.74) is -0.598. The number of carboxylic acids is 1. The minimum absolute atomic E-state index is 0.0149. The third-order valence-corrected chi connectivity index (χ3v) is 6.40. The fourth-order valence-corrected chi connectivity index (χ4v) is 4.45. The van der Waals surface area contributed by atoms with Crippen LogP contribution < -0.4 is 14.8 Å². The van der Waals surface area contributed by atoms with Gasteiger partial charge in [-0.1, -0.05) is 20.8 Å². The normalized spacial score (nSPS) is 12.4. The zero-order valence-corrected chi connectivity index (χ0v) is 22.9. The maximum absolute atomic E-state index is 13.2. The van der Waals surface area contributed by atoms with Crippen LogP contribution in [0.15, 0.2) is 23.1 Å². The van der Waals surface area contributed by atoms with Gasteiger partial charge in [0.25, 0.3) is 0 Å². The molecule has 11 nitrogen and oxygen atoms in total. The molecule has 1 heterocycles. The van der Waals surface area contributed by atoms with Crippen molar-refractivity contribution in [1.29, 1.82) is 0 Å². The second-order valence-corrected chi connectivity index (χ2v) is 12.3. The van der Waals surface area contributed by atoms with Crippen LogP contribution >= 0.6 is 0 Å². The summed E-state index contributed by atoms with van der Waals surface area (Å²) >= 11 is 0. The number of methoxy groups -OCH3 is 1. The average molecular weight is 525 g/mol. The molecule has 12 heteroatoms. The second kappa shape index (κ2) is 11.0. The van der Waals surface area contributed by atoms with Gasteiger partial charge in [0.05, 0.1) is 12.1 Å². The highest BCUT2D eigenvalue weighted by molar-refractivity contribution is 7.89. The third-order valence-electron chi connectivity index (χ3n) is 4.92. The number of benzene rings is 1. The van der Waals surface area contributed by atoms with Gasteiger partial charge < -0.3 is 19.9 Å². The van der Waals surface area contributed by atoms with Crippen molar-refractivity contribution >= 4 is 27.6 Å². The smallest absolute Gasteiger partial charge is 0.356 e. The first-order valence-corrected chi connectivity index (χ1v) is 12.9. The maximum atomic E-state index is 13.2. The molecule has 1 amide bonds. The number of hydrogen-bond acceptors (Lipinski definition) is 7. The van der Waals surface area contributed by atoms with Crippen LogP contribution in [0.3, 0.4) is 0 Å². The van der Waals surface area contributed by atoms with Crippen molar-refractivity contribution in [2.45, 2.75) is 65.3 Å². The molecular weight excluding hydrogens is 488 g/mol. The Kier molecular flexibility index (Phi) is 8.92. The molecule has 1 aromatic carbocycles. The van der Waals surface area contributed by atoms with Gasteiger partial charge in [0.15, 0.2) is 5.69 Å². The number of carbonyl (C=O) groups is 2. The number of nitrogens with zero attached hydrogens (tertiary/aromatic N) is 2. The van der Waals surface area contributed by atoms with Crippen LogP contribution in [0.2, 0.25) is 0 Å². The van der Waals surface area contributed by atoms with Crippen LogP contribution in [0, 0.1) is 12.3 Å². The quantitative estimate of drug-likeness (QED) is 0.398. The molecule has 0 saturated carbocycles. The number of carbonyl (C=O) groups excluding carboxylic acids is 1. The molecular formula is C24H36N4O7S. The Morgan fingerprint density at radius 1 is 1.14 bits per heavy atom. The van der Waals surface area contributed by atoms with E-state index in [2.05, 4.69) is 15.1 Å². The van der Waals surface area contributed by atoms with Crippen LogP contribution in [0.25, 0.3) is 0 Å². The summed E-state index contributed by atoms with van der Waals surface area (Å²) in [6.07, 6.45) is 0.237. The molecule has 0 atom stereocenters. The maximum Gasteiger partial charge on any atom is 0.356 e. The van der Waals surface area contributed by atoms with Gasteiger partial charge in [-0.25, -0.2) is 22.6 Å². The minimum Gasteiger partial charge on any atom is -0.476 e. The van der Waals surface area contributed by atoms with Gasteiger partial charge in [-0.3, -0.25) is 4.79 Å². The van der Waals surface area contributed by atoms with E-state index < -0.39 is 21.5 Å². The van der Waals surface area contributed by atoms with E-state index in [4.69, 9.17) is 9.47 Å². The van der Waals surface area contributed by atoms with Crippen LogP contribution in [0.5, 0.6) is 11.6 Å². The number of nitrogens with one attached hydrogen (secondary N) is 2. The zero-order valence-electron chi connectivity index (χ0n) is 22.1. The molecule has 0 spiro atoms. The standard InChI is InChI=1S/C24H36N4O7S/c1-15-20(22(30)31)27-28(24(5,6)7)21(15)35-17-10-9-16(26-19(29)14-23(2,3)4)13-18(17)36(32,33)25-11-12-34-8/h9-10,13,25H,11-12,14H2,1-8H3,(H,26,29)(H,30,31). The Balaban J connectivity index is 2.59. The summed E-state index contributed by atoms with van der Waals surface area (Å²) in [5.74, 6) is -1.46. The molecule has 0 radical (unpaired) electrons. The molecule has 36 heavy (non-hydrogen) atoms. The van der Waals surface area contributed by atoms with Gasteiger partial charge in [0.1, 0.15) is 10.6 Å². The summed E-state index contributed by atoms with van der Waals surface area (Å²) in [5, 5.41) is 16.5. The Hall–Kier alpha value is -2.96. The lowest BCUT2D eigenvalue weighted by atomic mass is 9.92. The number of sulfonamides is 1. The average Bonchev–Trinajstić information content (AvgIpc) is 3.04. The fraction of sp³-hybridized carbons (Fsp3) is 0.542. The minimum atomic E-state index is -4.10. The van der Waals surface area contributed by atoms with Crippen molar-refractivity contribution < 1.29 is 32.6 Å². The highest BCUT2D eigenvalue weighted by atomic mass is 32.2. The Morgan fingerprint density at radius 2 is 1.78 bits per heavy atom. The van der Waals surface area contributed by atoms with Gasteiger partial charge in [0.2, 0.25) is 21.8 Å². The number of anilines is 1. The van der Waals surface area contributed by atoms with Crippen LogP contribution in [-0.2, 0) is 25.1 Å². The first-order valence-electron chi connectivity index (χ1n) is 11.4. The molecule has 0 fully saturated rings. The van der Waals surface area contributed by atoms with Crippen molar-refractivity contribution in [3.05, 3.63) is 29.5 Å². The van der Waals surface area contributed by atoms with E-state index in [1.54, 1.807) is 6.92 Å². The Morgan fingerprint density at radius 3 is 2.31 bits per heavy atom. The molecule has 0 saturated heterocycles. The zero-order chi connectivity index (χ0) is 27.5. The molecule has 1 aromatic heterocycles. The summed E-state index contributed by atoms with van der Waals surface area (Å²) in [7, 11) is -2.65. The molecule has 2 rings (SSSR count). The van der Waals surface area contributed by atoms with Gasteiger partial charge >= 0.3 is 5.97 Å². The molecule has 0 aliphatic heterocycles. The van der Waals surface area contributed by atoms with Gasteiger partial charge in [-0.15, -0.1) is 0 Å². The van der Waals surface area contributed by atoms with Crippen molar-refractivity contribution in [2.24, 2.45) is 5.41 Å². The highest BCUT2D eigenvalue weighted by Crippen LogP contribution is 2.36. The monoisotopic (exact) mass is 524 g/mol. The number of ether oxygens (including phenoxy) is 2. The number of amides is 1. The molecule has 2 aromatic rings. The van der Waals surface area contributed by atoms with Crippen molar-refractivity contribution in [2.75, 3.05) is 25.6 Å². The van der Waals surface area contributed by atoms with E-state index in [0.29, 0.717) is 0 Å². The van der Waals surface area contributed by atoms with Crippen LogP contribution in [0.1, 0.15) is 64.0 Å². The largest absolute Gasteiger partial charge is 0.476 e. The lowest BCUT2D eigenvalue weighted by molar-refractivity contribution is -0.117. The lowest BCUT2D eigenvalue weighted by Crippen LogP contribution is -2.28. The lowest BCUT2D eigenvalue weighted by Gasteiger charge is -2.23. The van der Waals surface area contributed by atoms with E-state index in [1.165, 1.54) is 30.0 Å². The van der Waals surface area contributed by atoms with Gasteiger partial charge in [-0.2, -0.15) is 5.10 Å². The van der Waals surface area contributed by atoms with E-state index >= 15 is 0 Å². The van der Waals surface area contributed by atoms with Crippen LogP contribution in [-0.4, -0.2) is 55.4 Å². The van der Waals surface area contributed by atoms with E-state index in [-0.39, 0.29) is 64.4 Å². The van der Waals surface area contributed by atoms with Crippen molar-refractivity contribution in [3.63, 3.8) is 0 Å². The Labute approximate surface area is 212 Å². The van der Waals surface area contributed by atoms with Gasteiger partial charge in [-0.05, 0) is 51.3 Å². The summed E-state index contributed by atoms with van der Waals surface area (Å²) in [6.45, 7) is 12.9. The van der Waals surface area contributed by atoms with Gasteiger partial charge in [0, 0.05) is 31.3 Å². The van der Waals surface area contributed by atoms with E-state index in [9.17, 15) is 23.1 Å². The molecule has 0 aliphatic rings. The van der Waals surface area contributed by atoms with Crippen molar-refractivity contribution in [1.82, 2.24) is 14.5 Å². The first kappa shape index (κ1) is 29.3. The number of aromatic nitrogens is 2. The Bertz CT molecular complexity index is 1220. The predicted octanol–water partition coefficient (Wildman–Crippen LogP) is 3.74. The summed E-state index contributed by atoms with van der Waals surface area (Å²) in [6, 6.07) is 4.24. The second-order valence-electron chi connectivity index (χ2n) is 10.6. The first-order chi connectivity index (χ1) is 16.5. The predicted molar refractivity (Wildman–Crippen MR) is 135 cm³/mol.